The van der Waals surface area contributed by atoms with Gasteiger partial charge in [0.15, 0.2) is 0 Å². The van der Waals surface area contributed by atoms with Gasteiger partial charge in [0.1, 0.15) is 0 Å². The first-order valence-corrected chi connectivity index (χ1v) is 17.8. The quantitative estimate of drug-likeness (QED) is 0.553. The van der Waals surface area contributed by atoms with Crippen LogP contribution in [0, 0.1) is 0 Å². The molecule has 0 heterocycles. The minimum atomic E-state index is -0.292. The molecule has 0 aliphatic carbocycles. The first-order valence-electron chi connectivity index (χ1n) is 0.955. The molecule has 0 atom stereocenters. The molecule has 0 rings (SSSR count). The van der Waals surface area contributed by atoms with Crippen LogP contribution in [0.5, 0.6) is 0 Å². The Bertz CT molecular complexity index is 20.0. The average molecular weight is 440 g/mol. The van der Waals surface area contributed by atoms with Crippen LogP contribution < -0.4 is 5.73 Å². The van der Waals surface area contributed by atoms with E-state index in [2.05, 4.69) is 29.7 Å². The van der Waals surface area contributed by atoms with Crippen LogP contribution in [0.4, 0.5) is 0 Å². The van der Waals surface area contributed by atoms with Crippen molar-refractivity contribution >= 4 is 81.1 Å². The van der Waals surface area contributed by atoms with Gasteiger partial charge >= 0.3 is 81.1 Å². The van der Waals surface area contributed by atoms with E-state index in [4.69, 9.17) is 0 Å². The second-order valence-electron chi connectivity index (χ2n) is 0.0714. The third kappa shape index (κ3) is 27.5. The maximum absolute atomic E-state index is 4.50. The Morgan fingerprint density at radius 2 is 1.50 bits per heavy atom. The van der Waals surface area contributed by atoms with Crippen molar-refractivity contribution in [3.63, 3.8) is 0 Å². The van der Waals surface area contributed by atoms with Crippen LogP contribution in [-0.2, 0) is 0 Å². The maximum atomic E-state index is 4.50. The molecule has 2 radical (unpaired) electrons. The number of hydrogen-bond acceptors (Lipinski definition) is 1. The fraction of sp³-hybridized carbons (Fsp3) is 1.00. The molecule has 0 unspecified atom stereocenters. The van der Waals surface area contributed by atoms with Gasteiger partial charge in [0, 0.05) is 0 Å². The molecule has 0 fully saturated rings. The van der Waals surface area contributed by atoms with Crippen LogP contribution in [0.2, 0.25) is 0 Å². The van der Waals surface area contributed by atoms with E-state index in [-0.39, 0.29) is 60.0 Å². The zero-order valence-corrected chi connectivity index (χ0v) is 12.8. The van der Waals surface area contributed by atoms with Crippen LogP contribution in [0.25, 0.3) is 0 Å². The Labute approximate surface area is 94.6 Å². The molecule has 36 valence electrons. The van der Waals surface area contributed by atoms with E-state index in [0.717, 1.165) is 0 Å². The summed E-state index contributed by atoms with van der Waals surface area (Å²) in [5, 5.41) is 0. The Morgan fingerprint density at radius 1 is 1.50 bits per heavy atom. The molecule has 0 aromatic rings. The molecule has 0 bridgehead atoms. The van der Waals surface area contributed by atoms with Crippen LogP contribution in [0.1, 0.15) is 2.85 Å². The van der Waals surface area contributed by atoms with E-state index in [0.29, 0.717) is 0 Å². The molecule has 0 aromatic heterocycles. The fourth-order valence-corrected chi connectivity index (χ4v) is 0. The van der Waals surface area contributed by atoms with Crippen molar-refractivity contribution in [2.45, 2.75) is 0 Å². The number of rotatable bonds is 0. The second-order valence-corrected chi connectivity index (χ2v) is 16.9. The molecule has 5 heteroatoms. The van der Waals surface area contributed by atoms with Gasteiger partial charge in [-0.25, -0.2) is 0 Å². The predicted octanol–water partition coefficient (Wildman–Crippen LogP) is 0.730. The van der Waals surface area contributed by atoms with Gasteiger partial charge in [-0.1, -0.05) is 0 Å². The summed E-state index contributed by atoms with van der Waals surface area (Å²) in [7, 11) is 1.50. The molecular formula is CH7Br2CaNPb. The van der Waals surface area contributed by atoms with Crippen molar-refractivity contribution in [2.24, 2.45) is 5.73 Å². The van der Waals surface area contributed by atoms with Crippen molar-refractivity contribution in [1.29, 1.82) is 0 Å². The van der Waals surface area contributed by atoms with Gasteiger partial charge in [0.25, 0.3) is 0 Å². The second kappa shape index (κ2) is 24.3. The zero-order valence-electron chi connectivity index (χ0n) is 5.54. The monoisotopic (exact) mass is 439 g/mol. The Balaban J connectivity index is -0.00000000567. The summed E-state index contributed by atoms with van der Waals surface area (Å²) in [4.78, 5) is 0. The fourth-order valence-electron chi connectivity index (χ4n) is 0. The van der Waals surface area contributed by atoms with Crippen LogP contribution in [0.3, 0.4) is 0 Å². The van der Waals surface area contributed by atoms with Crippen molar-refractivity contribution in [2.75, 3.05) is 7.05 Å². The molecule has 6 heavy (non-hydrogen) atoms. The Morgan fingerprint density at radius 3 is 1.50 bits per heavy atom. The maximum Gasteiger partial charge on any atom is 2.00 e. The van der Waals surface area contributed by atoms with Gasteiger partial charge in [-0.2, -0.15) is 0 Å². The molecule has 0 aliphatic rings. The van der Waals surface area contributed by atoms with Crippen LogP contribution >= 0.6 is 24.0 Å². The summed E-state index contributed by atoms with van der Waals surface area (Å²) in [6.07, 6.45) is 0. The Hall–Kier alpha value is 3.10. The van der Waals surface area contributed by atoms with E-state index in [1.807, 2.05) is 0 Å². The smallest absolute Gasteiger partial charge is 1.00 e. The van der Waals surface area contributed by atoms with Gasteiger partial charge in [-0.15, -0.1) is 0 Å². The van der Waals surface area contributed by atoms with Gasteiger partial charge in [-0.05, 0) is 7.05 Å². The van der Waals surface area contributed by atoms with E-state index in [1.54, 1.807) is 0 Å². The first-order chi connectivity index (χ1) is 2.41. The molecule has 1 nitrogen and oxygen atoms in total. The largest absolute Gasteiger partial charge is 2.00 e. The average Bonchev–Trinajstić information content (AvgIpc) is 1.46. The summed E-state index contributed by atoms with van der Waals surface area (Å²) in [6, 6.07) is 0. The Kier molecular flexibility index (Phi) is 65.0. The topological polar surface area (TPSA) is 26.0 Å². The van der Waals surface area contributed by atoms with E-state index in [1.165, 1.54) is 7.05 Å². The summed E-state index contributed by atoms with van der Waals surface area (Å²) < 4.78 is 0. The number of halogens is 2. The van der Waals surface area contributed by atoms with Crippen LogP contribution in [-0.4, -0.2) is 64.2 Å². The van der Waals surface area contributed by atoms with Gasteiger partial charge in [-0.3, -0.25) is 0 Å². The van der Waals surface area contributed by atoms with E-state index >= 15 is 0 Å². The first kappa shape index (κ1) is 16.0. The summed E-state index contributed by atoms with van der Waals surface area (Å²) in [6.45, 7) is 0. The minimum absolute atomic E-state index is 0. The standard InChI is InChI=1S/CH5N.2BrH.Ca.Pb.2H/c1-2;;;;;;/h2H2,1H3;2*1H;;;;/q;;;2*+2;2*-1/p-2. The molecule has 0 aromatic carbocycles. The van der Waals surface area contributed by atoms with E-state index < -0.39 is 0 Å². The van der Waals surface area contributed by atoms with Gasteiger partial charge in [0.2, 0.25) is 0 Å². The number of nitrogens with two attached hydrogens (primary N) is 1. The predicted molar refractivity (Wildman–Crippen MR) is 41.7 cm³/mol. The van der Waals surface area contributed by atoms with Crippen molar-refractivity contribution in [1.82, 2.24) is 0 Å². The molecule has 0 spiro atoms. The normalized spacial score (nSPS) is 4.00. The molecule has 2 N–H and O–H groups in total. The molecule has 0 amide bonds. The summed E-state index contributed by atoms with van der Waals surface area (Å²) in [5.41, 5.74) is 4.50. The summed E-state index contributed by atoms with van der Waals surface area (Å²) in [5.74, 6) is 0. The van der Waals surface area contributed by atoms with Crippen LogP contribution in [0.15, 0.2) is 0 Å². The third-order valence-corrected chi connectivity index (χ3v) is 0. The van der Waals surface area contributed by atoms with Gasteiger partial charge in [0.05, 0.1) is 0 Å². The molecule has 0 saturated carbocycles. The number of hydrogen-bond donors (Lipinski definition) is 1. The van der Waals surface area contributed by atoms with Crippen molar-refractivity contribution < 1.29 is 2.85 Å². The summed E-state index contributed by atoms with van der Waals surface area (Å²) >= 11 is 6.22. The van der Waals surface area contributed by atoms with Crippen molar-refractivity contribution in [3.8, 4) is 0 Å². The minimum Gasteiger partial charge on any atom is -1.00 e. The molecule has 0 aliphatic heterocycles. The third-order valence-electron chi connectivity index (χ3n) is 0. The van der Waals surface area contributed by atoms with Crippen molar-refractivity contribution in [3.05, 3.63) is 0 Å². The molecule has 0 saturated heterocycles. The zero-order chi connectivity index (χ0) is 4.71. The SMILES string of the molecule is CN.[Br][Pb][Br].[Ca+2].[H-].[H-]. The van der Waals surface area contributed by atoms with Gasteiger partial charge < -0.3 is 8.59 Å². The molecular weight excluding hydrogens is 433 g/mol. The van der Waals surface area contributed by atoms with E-state index in [9.17, 15) is 0 Å².